The minimum absolute atomic E-state index is 0.513. The lowest BCUT2D eigenvalue weighted by Crippen LogP contribution is -2.35. The molecule has 24 heavy (non-hydrogen) atoms. The van der Waals surface area contributed by atoms with Gasteiger partial charge in [-0.25, -0.2) is 4.57 Å². The molecule has 1 N–H and O–H groups in total. The molecule has 2 rings (SSSR count). The minimum atomic E-state index is 0.513. The van der Waals surface area contributed by atoms with Crippen LogP contribution >= 0.6 is 0 Å². The van der Waals surface area contributed by atoms with Crippen molar-refractivity contribution in [3.05, 3.63) is 30.1 Å². The van der Waals surface area contributed by atoms with Crippen molar-refractivity contribution >= 4 is 16.7 Å². The summed E-state index contributed by atoms with van der Waals surface area (Å²) in [7, 11) is 2.09. The van der Waals surface area contributed by atoms with Gasteiger partial charge < -0.3 is 5.32 Å². The number of unbranched alkanes of at least 4 members (excludes halogenated alkanes) is 5. The minimum Gasteiger partial charge on any atom is -0.346 e. The standard InChI is InChI=1S/C21H33N3/c1-5-7-8-9-10-11-14-18(6-2)23-21-19-15-12-13-16-20(19)24(4)17(3)22-21/h12-13,15-16,18H,5-11,14H2,1-4H3/p+1. The number of hydrogen-bond acceptors (Lipinski definition) is 2. The van der Waals surface area contributed by atoms with Crippen molar-refractivity contribution in [2.24, 2.45) is 7.05 Å². The number of aromatic nitrogens is 2. The van der Waals surface area contributed by atoms with E-state index >= 15 is 0 Å². The van der Waals surface area contributed by atoms with E-state index in [0.717, 1.165) is 18.1 Å². The third-order valence-corrected chi connectivity index (χ3v) is 5.02. The fraction of sp³-hybridized carbons (Fsp3) is 0.619. The summed E-state index contributed by atoms with van der Waals surface area (Å²) in [5.41, 5.74) is 1.24. The lowest BCUT2D eigenvalue weighted by molar-refractivity contribution is -0.654. The van der Waals surface area contributed by atoms with Gasteiger partial charge >= 0.3 is 0 Å². The van der Waals surface area contributed by atoms with Crippen LogP contribution in [0.2, 0.25) is 0 Å². The molecule has 3 heteroatoms. The van der Waals surface area contributed by atoms with Crippen LogP contribution in [0.15, 0.2) is 24.3 Å². The molecule has 0 saturated heterocycles. The van der Waals surface area contributed by atoms with Gasteiger partial charge in [0.2, 0.25) is 0 Å². The number of nitrogens with one attached hydrogen (secondary N) is 1. The Labute approximate surface area is 147 Å². The van der Waals surface area contributed by atoms with Crippen molar-refractivity contribution in [1.82, 2.24) is 4.98 Å². The Morgan fingerprint density at radius 2 is 1.75 bits per heavy atom. The van der Waals surface area contributed by atoms with Gasteiger partial charge in [-0.3, -0.25) is 0 Å². The molecule has 2 aromatic rings. The van der Waals surface area contributed by atoms with E-state index in [-0.39, 0.29) is 0 Å². The number of anilines is 1. The van der Waals surface area contributed by atoms with Crippen LogP contribution in [0.4, 0.5) is 5.82 Å². The molecule has 1 unspecified atom stereocenters. The number of aryl methyl sites for hydroxylation is 2. The molecule has 1 atom stereocenters. The van der Waals surface area contributed by atoms with Gasteiger partial charge in [-0.05, 0) is 30.0 Å². The molecule has 3 nitrogen and oxygen atoms in total. The lowest BCUT2D eigenvalue weighted by atomic mass is 10.0. The van der Waals surface area contributed by atoms with Crippen LogP contribution in [0, 0.1) is 6.92 Å². The van der Waals surface area contributed by atoms with Crippen molar-refractivity contribution in [3.8, 4) is 0 Å². The second-order valence-corrected chi connectivity index (χ2v) is 6.89. The highest BCUT2D eigenvalue weighted by atomic mass is 15.1. The van der Waals surface area contributed by atoms with Crippen LogP contribution in [0.5, 0.6) is 0 Å². The second kappa shape index (κ2) is 9.61. The van der Waals surface area contributed by atoms with Gasteiger partial charge in [0.15, 0.2) is 0 Å². The number of hydrogen-bond donors (Lipinski definition) is 1. The number of nitrogens with zero attached hydrogens (tertiary/aromatic N) is 2. The predicted octanol–water partition coefficient (Wildman–Crippen LogP) is 5.31. The SMILES string of the molecule is CCCCCCCCC(CC)Nc1nc(C)[n+](C)c2ccccc12. The van der Waals surface area contributed by atoms with E-state index in [1.54, 1.807) is 0 Å². The first-order valence-corrected chi connectivity index (χ1v) is 9.69. The second-order valence-electron chi connectivity index (χ2n) is 6.89. The summed E-state index contributed by atoms with van der Waals surface area (Å²) in [5, 5.41) is 4.93. The average molecular weight is 329 g/mol. The van der Waals surface area contributed by atoms with Crippen molar-refractivity contribution in [3.63, 3.8) is 0 Å². The smallest absolute Gasteiger partial charge is 0.298 e. The lowest BCUT2D eigenvalue weighted by Gasteiger charge is -2.17. The van der Waals surface area contributed by atoms with E-state index in [0.29, 0.717) is 6.04 Å². The van der Waals surface area contributed by atoms with Crippen molar-refractivity contribution in [2.45, 2.75) is 78.2 Å². The van der Waals surface area contributed by atoms with E-state index in [9.17, 15) is 0 Å². The van der Waals surface area contributed by atoms with Gasteiger partial charge in [-0.1, -0.05) is 64.5 Å². The first-order chi connectivity index (χ1) is 11.7. The van der Waals surface area contributed by atoms with Gasteiger partial charge in [0.25, 0.3) is 11.6 Å². The fourth-order valence-corrected chi connectivity index (χ4v) is 3.29. The quantitative estimate of drug-likeness (QED) is 0.473. The number of rotatable bonds is 10. The molecule has 1 aromatic carbocycles. The van der Waals surface area contributed by atoms with Crippen LogP contribution in [0.1, 0.15) is 71.0 Å². The highest BCUT2D eigenvalue weighted by molar-refractivity contribution is 5.86. The average Bonchev–Trinajstić information content (AvgIpc) is 2.61. The summed E-state index contributed by atoms with van der Waals surface area (Å²) in [5.74, 6) is 2.09. The summed E-state index contributed by atoms with van der Waals surface area (Å²) < 4.78 is 2.16. The molecule has 0 aliphatic heterocycles. The van der Waals surface area contributed by atoms with Crippen molar-refractivity contribution < 1.29 is 4.57 Å². The Hall–Kier alpha value is -1.64. The molecule has 0 aliphatic carbocycles. The first-order valence-electron chi connectivity index (χ1n) is 9.69. The van der Waals surface area contributed by atoms with E-state index in [4.69, 9.17) is 4.98 Å². The molecule has 0 fully saturated rings. The van der Waals surface area contributed by atoms with E-state index in [1.807, 2.05) is 0 Å². The Morgan fingerprint density at radius 3 is 2.50 bits per heavy atom. The fourth-order valence-electron chi connectivity index (χ4n) is 3.29. The van der Waals surface area contributed by atoms with E-state index in [1.165, 1.54) is 55.8 Å². The van der Waals surface area contributed by atoms with Gasteiger partial charge in [0, 0.05) is 13.0 Å². The van der Waals surface area contributed by atoms with Gasteiger partial charge in [-0.2, -0.15) is 0 Å². The van der Waals surface area contributed by atoms with Crippen LogP contribution in [0.3, 0.4) is 0 Å². The Kier molecular flexibility index (Phi) is 7.48. The number of para-hydroxylation sites is 1. The third-order valence-electron chi connectivity index (χ3n) is 5.02. The van der Waals surface area contributed by atoms with Crippen LogP contribution in [0.25, 0.3) is 10.9 Å². The molecule has 0 saturated carbocycles. The molecule has 1 heterocycles. The number of fused-ring (bicyclic) bond motifs is 1. The van der Waals surface area contributed by atoms with Gasteiger partial charge in [0.05, 0.1) is 12.4 Å². The first kappa shape index (κ1) is 18.7. The summed E-state index contributed by atoms with van der Waals surface area (Å²) in [6.07, 6.45) is 10.5. The Bertz CT molecular complexity index is 636. The zero-order chi connectivity index (χ0) is 17.4. The molecule has 0 spiro atoms. The highest BCUT2D eigenvalue weighted by Gasteiger charge is 2.18. The largest absolute Gasteiger partial charge is 0.346 e. The Morgan fingerprint density at radius 1 is 1.04 bits per heavy atom. The maximum atomic E-state index is 4.81. The van der Waals surface area contributed by atoms with Crippen LogP contribution in [-0.4, -0.2) is 11.0 Å². The maximum absolute atomic E-state index is 4.81. The maximum Gasteiger partial charge on any atom is 0.298 e. The molecule has 132 valence electrons. The van der Waals surface area contributed by atoms with Crippen molar-refractivity contribution in [1.29, 1.82) is 0 Å². The van der Waals surface area contributed by atoms with Crippen molar-refractivity contribution in [2.75, 3.05) is 5.32 Å². The zero-order valence-electron chi connectivity index (χ0n) is 15.9. The zero-order valence-corrected chi connectivity index (χ0v) is 15.9. The van der Waals surface area contributed by atoms with Crippen LogP contribution in [-0.2, 0) is 7.05 Å². The van der Waals surface area contributed by atoms with E-state index < -0.39 is 0 Å². The van der Waals surface area contributed by atoms with Crippen LogP contribution < -0.4 is 9.88 Å². The highest BCUT2D eigenvalue weighted by Crippen LogP contribution is 2.21. The summed E-state index contributed by atoms with van der Waals surface area (Å²) in [6, 6.07) is 9.04. The molecule has 0 bridgehead atoms. The Balaban J connectivity index is 2.00. The molecular weight excluding hydrogens is 294 g/mol. The molecule has 1 aromatic heterocycles. The third kappa shape index (κ3) is 4.93. The molecule has 0 aliphatic rings. The summed E-state index contributed by atoms with van der Waals surface area (Å²) in [6.45, 7) is 6.62. The summed E-state index contributed by atoms with van der Waals surface area (Å²) >= 11 is 0. The van der Waals surface area contributed by atoms with Gasteiger partial charge in [-0.15, -0.1) is 0 Å². The number of benzene rings is 1. The van der Waals surface area contributed by atoms with E-state index in [2.05, 4.69) is 62.0 Å². The predicted molar refractivity (Wildman–Crippen MR) is 103 cm³/mol. The molecule has 0 radical (unpaired) electrons. The normalized spacial score (nSPS) is 12.5. The summed E-state index contributed by atoms with van der Waals surface area (Å²) in [4.78, 5) is 4.81. The monoisotopic (exact) mass is 328 g/mol. The molecule has 0 amide bonds. The topological polar surface area (TPSA) is 28.8 Å². The molecular formula is C21H34N3+. The van der Waals surface area contributed by atoms with Gasteiger partial charge in [0.1, 0.15) is 5.52 Å².